The summed E-state index contributed by atoms with van der Waals surface area (Å²) < 4.78 is 5.21. The Morgan fingerprint density at radius 2 is 1.68 bits per heavy atom. The molecular weight excluding hydrogens is 284 g/mol. The Morgan fingerprint density at radius 3 is 2.41 bits per heavy atom. The van der Waals surface area contributed by atoms with Crippen molar-refractivity contribution in [1.82, 2.24) is 0 Å². The van der Waals surface area contributed by atoms with Crippen molar-refractivity contribution in [1.29, 1.82) is 0 Å². The third-order valence-electron chi connectivity index (χ3n) is 3.51. The molecule has 2 aromatic carbocycles. The molecule has 2 aromatic rings. The van der Waals surface area contributed by atoms with Gasteiger partial charge < -0.3 is 20.1 Å². The lowest BCUT2D eigenvalue weighted by molar-refractivity contribution is -0.129. The largest absolute Gasteiger partial charge is 0.508 e. The van der Waals surface area contributed by atoms with Crippen molar-refractivity contribution in [3.05, 3.63) is 59.7 Å². The zero-order chi connectivity index (χ0) is 15.7. The third kappa shape index (κ3) is 2.80. The molecule has 1 unspecified atom stereocenters. The molecule has 5 nitrogen and oxygen atoms in total. The van der Waals surface area contributed by atoms with Gasteiger partial charge in [0.2, 0.25) is 0 Å². The molecule has 0 aromatic heterocycles. The van der Waals surface area contributed by atoms with Gasteiger partial charge in [0.15, 0.2) is 0 Å². The van der Waals surface area contributed by atoms with Gasteiger partial charge in [0.05, 0.1) is 6.10 Å². The average Bonchev–Trinajstić information content (AvgIpc) is 2.47. The fraction of sp³-hybridized carbons (Fsp3) is 0.118. The second-order valence-electron chi connectivity index (χ2n) is 5.08. The number of aliphatic hydroxyl groups is 1. The molecule has 1 aliphatic heterocycles. The van der Waals surface area contributed by atoms with Crippen LogP contribution in [0.4, 0.5) is 0 Å². The highest BCUT2D eigenvalue weighted by Crippen LogP contribution is 2.31. The van der Waals surface area contributed by atoms with Gasteiger partial charge in [-0.3, -0.25) is 0 Å². The summed E-state index contributed by atoms with van der Waals surface area (Å²) in [5, 5.41) is 29.2. The van der Waals surface area contributed by atoms with E-state index in [1.54, 1.807) is 18.2 Å². The number of phenols is 2. The zero-order valence-corrected chi connectivity index (χ0v) is 11.6. The average molecular weight is 298 g/mol. The molecule has 0 saturated carbocycles. The first kappa shape index (κ1) is 14.2. The number of hydrogen-bond donors (Lipinski definition) is 3. The molecule has 0 spiro atoms. The van der Waals surface area contributed by atoms with E-state index in [2.05, 4.69) is 0 Å². The monoisotopic (exact) mass is 298 g/mol. The second kappa shape index (κ2) is 5.54. The normalized spacial score (nSPS) is 17.8. The number of hydrogen-bond acceptors (Lipinski definition) is 5. The third-order valence-corrected chi connectivity index (χ3v) is 3.51. The van der Waals surface area contributed by atoms with E-state index in [1.165, 1.54) is 30.3 Å². The van der Waals surface area contributed by atoms with Crippen LogP contribution in [-0.4, -0.2) is 27.4 Å². The molecular formula is C17H14O5. The van der Waals surface area contributed by atoms with Crippen LogP contribution in [0.5, 0.6) is 17.2 Å². The molecule has 0 amide bonds. The Labute approximate surface area is 126 Å². The number of benzene rings is 2. The first-order chi connectivity index (χ1) is 10.5. The summed E-state index contributed by atoms with van der Waals surface area (Å²) >= 11 is 0. The number of carbonyl (C=O) groups excluding carboxylic acids is 1. The van der Waals surface area contributed by atoms with E-state index in [9.17, 15) is 20.1 Å². The summed E-state index contributed by atoms with van der Waals surface area (Å²) in [7, 11) is 0. The highest BCUT2D eigenvalue weighted by atomic mass is 16.5. The Kier molecular flexibility index (Phi) is 3.56. The van der Waals surface area contributed by atoms with Crippen molar-refractivity contribution in [2.75, 3.05) is 0 Å². The minimum Gasteiger partial charge on any atom is -0.508 e. The molecule has 1 atom stereocenters. The molecule has 0 aliphatic carbocycles. The summed E-state index contributed by atoms with van der Waals surface area (Å²) in [6.07, 6.45) is 0.570. The molecule has 3 rings (SSSR count). The number of aliphatic hydroxyl groups excluding tert-OH is 1. The highest BCUT2D eigenvalue weighted by molar-refractivity contribution is 5.94. The Hall–Kier alpha value is -2.79. The number of carbonyl (C=O) groups is 1. The van der Waals surface area contributed by atoms with E-state index < -0.39 is 12.1 Å². The van der Waals surface area contributed by atoms with Crippen LogP contribution in [0.3, 0.4) is 0 Å². The summed E-state index contributed by atoms with van der Waals surface area (Å²) in [5.41, 5.74) is 1.68. The van der Waals surface area contributed by atoms with Crippen molar-refractivity contribution in [3.63, 3.8) is 0 Å². The van der Waals surface area contributed by atoms with Gasteiger partial charge in [0.25, 0.3) is 0 Å². The van der Waals surface area contributed by atoms with Crippen LogP contribution in [0, 0.1) is 0 Å². The molecule has 3 N–H and O–H groups in total. The van der Waals surface area contributed by atoms with E-state index in [0.29, 0.717) is 16.7 Å². The SMILES string of the molecule is O=C1C=C(c2ccc(O)cc2)C(O)Cc2ccc(O)cc2O1. The maximum Gasteiger partial charge on any atom is 0.336 e. The van der Waals surface area contributed by atoms with Gasteiger partial charge in [-0.25, -0.2) is 4.79 Å². The van der Waals surface area contributed by atoms with Crippen LogP contribution in [0.25, 0.3) is 5.57 Å². The summed E-state index contributed by atoms with van der Waals surface area (Å²) in [5.74, 6) is -0.295. The van der Waals surface area contributed by atoms with E-state index in [1.807, 2.05) is 0 Å². The fourth-order valence-corrected chi connectivity index (χ4v) is 2.42. The fourth-order valence-electron chi connectivity index (χ4n) is 2.42. The predicted molar refractivity (Wildman–Crippen MR) is 79.5 cm³/mol. The number of fused-ring (bicyclic) bond motifs is 1. The Balaban J connectivity index is 2.01. The maximum absolute atomic E-state index is 12.0. The molecule has 1 heterocycles. The molecule has 112 valence electrons. The lowest BCUT2D eigenvalue weighted by Gasteiger charge is -2.20. The molecule has 22 heavy (non-hydrogen) atoms. The van der Waals surface area contributed by atoms with Gasteiger partial charge in [0, 0.05) is 18.6 Å². The van der Waals surface area contributed by atoms with Gasteiger partial charge in [-0.2, -0.15) is 0 Å². The van der Waals surface area contributed by atoms with Crippen molar-refractivity contribution in [3.8, 4) is 17.2 Å². The van der Waals surface area contributed by atoms with Gasteiger partial charge in [0.1, 0.15) is 17.2 Å². The van der Waals surface area contributed by atoms with Gasteiger partial charge in [-0.05, 0) is 34.9 Å². The lowest BCUT2D eigenvalue weighted by Crippen LogP contribution is -2.19. The molecule has 0 saturated heterocycles. The van der Waals surface area contributed by atoms with Crippen molar-refractivity contribution in [2.24, 2.45) is 0 Å². The number of esters is 1. The quantitative estimate of drug-likeness (QED) is 0.554. The predicted octanol–water partition coefficient (Wildman–Crippen LogP) is 2.00. The second-order valence-corrected chi connectivity index (χ2v) is 5.08. The molecule has 5 heteroatoms. The minimum absolute atomic E-state index is 0.00986. The van der Waals surface area contributed by atoms with E-state index >= 15 is 0 Å². The van der Waals surface area contributed by atoms with Crippen molar-refractivity contribution < 1.29 is 24.9 Å². The van der Waals surface area contributed by atoms with Crippen LogP contribution in [0.15, 0.2) is 48.5 Å². The topological polar surface area (TPSA) is 87.0 Å². The van der Waals surface area contributed by atoms with Crippen molar-refractivity contribution >= 4 is 11.5 Å². The molecule has 0 fully saturated rings. The first-order valence-corrected chi connectivity index (χ1v) is 6.76. The van der Waals surface area contributed by atoms with Gasteiger partial charge in [-0.1, -0.05) is 18.2 Å². The number of ether oxygens (including phenoxy) is 1. The highest BCUT2D eigenvalue weighted by Gasteiger charge is 2.22. The number of phenolic OH excluding ortho intramolecular Hbond substituents is 2. The van der Waals surface area contributed by atoms with Crippen LogP contribution < -0.4 is 4.74 Å². The summed E-state index contributed by atoms with van der Waals surface area (Å²) in [6.45, 7) is 0. The molecule has 1 aliphatic rings. The standard InChI is InChI=1S/C17H14O5/c18-12-4-1-10(2-5-12)14-9-17(21)22-16-8-13(19)6-3-11(16)7-15(14)20/h1-6,8-9,15,18-20H,7H2. The van der Waals surface area contributed by atoms with Crippen LogP contribution in [0.1, 0.15) is 11.1 Å². The minimum atomic E-state index is -0.902. The summed E-state index contributed by atoms with van der Waals surface area (Å²) in [4.78, 5) is 12.0. The smallest absolute Gasteiger partial charge is 0.336 e. The van der Waals surface area contributed by atoms with Crippen LogP contribution >= 0.6 is 0 Å². The van der Waals surface area contributed by atoms with Crippen LogP contribution in [0.2, 0.25) is 0 Å². The van der Waals surface area contributed by atoms with E-state index in [-0.39, 0.29) is 23.7 Å². The maximum atomic E-state index is 12.0. The van der Waals surface area contributed by atoms with E-state index in [4.69, 9.17) is 4.74 Å². The molecule has 0 bridgehead atoms. The zero-order valence-electron chi connectivity index (χ0n) is 11.6. The lowest BCUT2D eigenvalue weighted by atomic mass is 9.94. The first-order valence-electron chi connectivity index (χ1n) is 6.76. The number of rotatable bonds is 1. The van der Waals surface area contributed by atoms with Gasteiger partial charge >= 0.3 is 5.97 Å². The summed E-state index contributed by atoms with van der Waals surface area (Å²) in [6, 6.07) is 10.6. The Bertz CT molecular complexity index is 746. The van der Waals surface area contributed by atoms with E-state index in [0.717, 1.165) is 0 Å². The Morgan fingerprint density at radius 1 is 1.00 bits per heavy atom. The van der Waals surface area contributed by atoms with Crippen LogP contribution in [-0.2, 0) is 11.2 Å². The van der Waals surface area contributed by atoms with Gasteiger partial charge in [-0.15, -0.1) is 0 Å². The van der Waals surface area contributed by atoms with Crippen molar-refractivity contribution in [2.45, 2.75) is 12.5 Å². The number of aromatic hydroxyl groups is 2. The molecule has 0 radical (unpaired) electrons.